The van der Waals surface area contributed by atoms with Crippen LogP contribution in [-0.2, 0) is 55.8 Å². The van der Waals surface area contributed by atoms with E-state index in [1.807, 2.05) is 0 Å². The van der Waals surface area contributed by atoms with Crippen molar-refractivity contribution >= 4 is 33.6 Å². The molecule has 0 saturated heterocycles. The fourth-order valence-electron chi connectivity index (χ4n) is 10.1. The molecule has 0 aromatic heterocycles. The number of unbranched alkanes of at least 4 members (excludes halogenated alkanes) is 21. The summed E-state index contributed by atoms with van der Waals surface area (Å²) in [5.41, 5.74) is 0. The Morgan fingerprint density at radius 2 is 0.505 bits per heavy atom. The summed E-state index contributed by atoms with van der Waals surface area (Å²) in [4.78, 5) is 58.8. The molecule has 0 fully saturated rings. The largest absolute Gasteiger partial charge is 0.472 e. The summed E-state index contributed by atoms with van der Waals surface area (Å²) in [5.74, 6) is -1.63. The zero-order valence-electron chi connectivity index (χ0n) is 65.1. The Morgan fingerprint density at radius 3 is 0.800 bits per heavy atom. The Morgan fingerprint density at radius 1 is 0.276 bits per heavy atom. The Kier molecular flexibility index (Phi) is 74.3. The minimum absolute atomic E-state index is 0.0718. The van der Waals surface area contributed by atoms with Crippen LogP contribution in [0.3, 0.4) is 0 Å². The molecule has 105 heavy (non-hydrogen) atoms. The van der Waals surface area contributed by atoms with Crippen molar-refractivity contribution in [1.29, 1.82) is 0 Å². The van der Waals surface area contributed by atoms with E-state index in [1.165, 1.54) is 38.5 Å². The molecule has 0 aliphatic carbocycles. The third-order valence-electron chi connectivity index (χ3n) is 16.1. The molecule has 0 saturated carbocycles. The third-order valence-corrected chi connectivity index (χ3v) is 18.0. The van der Waals surface area contributed by atoms with Crippen LogP contribution in [0.25, 0.3) is 0 Å². The van der Waals surface area contributed by atoms with Crippen LogP contribution in [0.15, 0.2) is 182 Å². The molecule has 0 bridgehead atoms. The van der Waals surface area contributed by atoms with Gasteiger partial charge < -0.3 is 34.2 Å². The van der Waals surface area contributed by atoms with E-state index < -0.39 is 91.5 Å². The van der Waals surface area contributed by atoms with Crippen molar-refractivity contribution in [2.45, 2.75) is 309 Å². The number of hydrogen-bond donors (Lipinski definition) is 4. The molecule has 596 valence electrons. The number of carbonyl (C=O) groups is 3. The lowest BCUT2D eigenvalue weighted by atomic mass is 10.1. The first-order valence-corrected chi connectivity index (χ1v) is 43.1. The van der Waals surface area contributed by atoms with Gasteiger partial charge in [-0.1, -0.05) is 293 Å². The van der Waals surface area contributed by atoms with E-state index in [9.17, 15) is 43.5 Å². The van der Waals surface area contributed by atoms with Crippen LogP contribution in [0.2, 0.25) is 0 Å². The summed E-state index contributed by atoms with van der Waals surface area (Å²) < 4.78 is 61.2. The number of ether oxygens (including phenoxy) is 3. The molecule has 0 amide bonds. The van der Waals surface area contributed by atoms with Crippen LogP contribution in [0, 0.1) is 0 Å². The van der Waals surface area contributed by atoms with Gasteiger partial charge in [0.15, 0.2) is 6.10 Å². The number of aliphatic hydroxyl groups excluding tert-OH is 2. The number of aliphatic hydroxyl groups is 2. The van der Waals surface area contributed by atoms with Crippen molar-refractivity contribution in [2.24, 2.45) is 0 Å². The number of allylic oxidation sites excluding steroid dienone is 30. The van der Waals surface area contributed by atoms with Gasteiger partial charge in [0.25, 0.3) is 0 Å². The number of hydrogen-bond acceptors (Lipinski definition) is 14. The normalized spacial score (nSPS) is 14.9. The molecular formula is C87H142O16P2. The van der Waals surface area contributed by atoms with Crippen molar-refractivity contribution in [2.75, 3.05) is 39.6 Å². The molecule has 0 aliphatic rings. The lowest BCUT2D eigenvalue weighted by molar-refractivity contribution is -0.161. The van der Waals surface area contributed by atoms with Crippen LogP contribution in [0.4, 0.5) is 0 Å². The molecular weight excluding hydrogens is 1360 g/mol. The molecule has 0 heterocycles. The summed E-state index contributed by atoms with van der Waals surface area (Å²) in [6.45, 7) is 2.36. The maximum atomic E-state index is 13.0. The first-order valence-electron chi connectivity index (χ1n) is 40.1. The zero-order chi connectivity index (χ0) is 76.6. The molecule has 0 radical (unpaired) electrons. The lowest BCUT2D eigenvalue weighted by Crippen LogP contribution is -2.30. The highest BCUT2D eigenvalue weighted by Crippen LogP contribution is 2.45. The standard InChI is InChI=1S/C87H142O16P2/c1-4-7-10-13-16-19-22-25-28-31-34-37-38-39-40-41-42-45-47-49-52-55-58-61-64-67-70-73-85(90)97-76-82(88)77-99-104(93,94)100-78-83(89)79-101-105(95,96)102-81-84(103-87(92)75-72-69-66-63-60-57-54-51-48-44-36-33-30-27-24-21-18-15-12-9-6-3)80-98-86(91)74-71-68-65-62-59-56-53-50-46-43-35-32-29-26-23-20-17-14-11-8-5-2/h7-8,10-11,16-21,25-30,34-37,39-40,42-45,50-51,53-54,82-84,88-89H,4-6,9,12-15,22-24,31-33,38,41,46-49,52,55-81H2,1-3H3,(H,93,94)(H,95,96)/b10-7-,11-8-,19-16-,20-17-,21-18-,28-25-,29-26-,30-27-,37-34-,40-39-,43-35-,44-36-,45-42-,53-50-,54-51-. The van der Waals surface area contributed by atoms with Crippen molar-refractivity contribution < 1.29 is 75.8 Å². The van der Waals surface area contributed by atoms with Crippen LogP contribution in [0.5, 0.6) is 0 Å². The summed E-state index contributed by atoms with van der Waals surface area (Å²) in [6.07, 6.45) is 101. The van der Waals surface area contributed by atoms with Gasteiger partial charge in [-0.2, -0.15) is 0 Å². The van der Waals surface area contributed by atoms with E-state index in [0.29, 0.717) is 19.3 Å². The minimum atomic E-state index is -4.95. The molecule has 16 nitrogen and oxygen atoms in total. The monoisotopic (exact) mass is 1500 g/mol. The summed E-state index contributed by atoms with van der Waals surface area (Å²) >= 11 is 0. The first-order chi connectivity index (χ1) is 51.2. The Bertz CT molecular complexity index is 2640. The summed E-state index contributed by atoms with van der Waals surface area (Å²) in [7, 11) is -9.82. The molecule has 5 unspecified atom stereocenters. The maximum absolute atomic E-state index is 13.0. The van der Waals surface area contributed by atoms with Crippen molar-refractivity contribution in [3.63, 3.8) is 0 Å². The van der Waals surface area contributed by atoms with Gasteiger partial charge in [-0.05, 0) is 161 Å². The molecule has 0 aromatic carbocycles. The topological polar surface area (TPSA) is 231 Å². The van der Waals surface area contributed by atoms with Crippen molar-refractivity contribution in [3.8, 4) is 0 Å². The third kappa shape index (κ3) is 79.5. The Balaban J connectivity index is 4.71. The number of esters is 3. The lowest BCUT2D eigenvalue weighted by Gasteiger charge is -2.21. The van der Waals surface area contributed by atoms with Crippen LogP contribution in [-0.4, -0.2) is 95.9 Å². The second-order valence-corrected chi connectivity index (χ2v) is 29.0. The van der Waals surface area contributed by atoms with E-state index >= 15 is 0 Å². The average Bonchev–Trinajstić information content (AvgIpc) is 0.922. The smallest absolute Gasteiger partial charge is 0.463 e. The van der Waals surface area contributed by atoms with E-state index in [-0.39, 0.29) is 19.3 Å². The van der Waals surface area contributed by atoms with Gasteiger partial charge in [0.2, 0.25) is 0 Å². The SMILES string of the molecule is CC/C=C\C/C=C\C/C=C\C/C=C\C/C=C\C/C=C\CCCCCCCCCCC(=O)OCC(O)COP(=O)(O)OCC(O)COP(=O)(O)OCC(COC(=O)CCCCCCC/C=C\C/C=C\C/C=C\C/C=C\C/C=C\CC)OC(=O)CCCCCCC/C=C\C/C=C\C/C=C\C/C=C\CCCCC. The molecule has 0 aliphatic heterocycles. The fraction of sp³-hybridized carbons (Fsp3) is 0.621. The molecule has 4 N–H and O–H groups in total. The van der Waals surface area contributed by atoms with Crippen LogP contribution in [0.1, 0.15) is 290 Å². The Labute approximate surface area is 636 Å². The first kappa shape index (κ1) is 99.7. The number of rotatable bonds is 74. The maximum Gasteiger partial charge on any atom is 0.472 e. The van der Waals surface area contributed by atoms with Crippen molar-refractivity contribution in [3.05, 3.63) is 182 Å². The molecule has 0 spiro atoms. The van der Waals surface area contributed by atoms with Crippen LogP contribution >= 0.6 is 15.6 Å². The van der Waals surface area contributed by atoms with Gasteiger partial charge in [0.05, 0.1) is 26.4 Å². The van der Waals surface area contributed by atoms with Gasteiger partial charge in [0, 0.05) is 19.3 Å². The number of phosphoric ester groups is 2. The van der Waals surface area contributed by atoms with Gasteiger partial charge in [-0.15, -0.1) is 0 Å². The number of carbonyl (C=O) groups excluding carboxylic acids is 3. The van der Waals surface area contributed by atoms with E-state index in [0.717, 1.165) is 193 Å². The highest BCUT2D eigenvalue weighted by Gasteiger charge is 2.29. The highest BCUT2D eigenvalue weighted by atomic mass is 31.2. The van der Waals surface area contributed by atoms with E-state index in [4.69, 9.17) is 32.3 Å². The average molecular weight is 1510 g/mol. The van der Waals surface area contributed by atoms with Crippen LogP contribution < -0.4 is 0 Å². The molecule has 0 aromatic rings. The predicted molar refractivity (Wildman–Crippen MR) is 435 cm³/mol. The van der Waals surface area contributed by atoms with E-state index in [2.05, 4.69) is 203 Å². The second kappa shape index (κ2) is 78.2. The molecule has 5 atom stereocenters. The highest BCUT2D eigenvalue weighted by molar-refractivity contribution is 7.47. The van der Waals surface area contributed by atoms with Crippen molar-refractivity contribution in [1.82, 2.24) is 0 Å². The van der Waals surface area contributed by atoms with Gasteiger partial charge in [-0.3, -0.25) is 32.5 Å². The van der Waals surface area contributed by atoms with Gasteiger partial charge in [-0.25, -0.2) is 9.13 Å². The number of phosphoric acid groups is 2. The quantitative estimate of drug-likeness (QED) is 0.0146. The van der Waals surface area contributed by atoms with E-state index in [1.54, 1.807) is 0 Å². The zero-order valence-corrected chi connectivity index (χ0v) is 66.9. The van der Waals surface area contributed by atoms with Gasteiger partial charge >= 0.3 is 33.6 Å². The predicted octanol–water partition coefficient (Wildman–Crippen LogP) is 23.8. The summed E-state index contributed by atoms with van der Waals surface area (Å²) in [6, 6.07) is 0. The molecule has 18 heteroatoms. The second-order valence-electron chi connectivity index (χ2n) is 26.1. The molecule has 0 rings (SSSR count). The van der Waals surface area contributed by atoms with Gasteiger partial charge in [0.1, 0.15) is 25.4 Å². The summed E-state index contributed by atoms with van der Waals surface area (Å²) in [5, 5.41) is 20.7. The Hall–Kier alpha value is -5.35. The fourth-order valence-corrected chi connectivity index (χ4v) is 11.6. The minimum Gasteiger partial charge on any atom is -0.463 e.